The molecule has 0 saturated carbocycles. The van der Waals surface area contributed by atoms with Crippen LogP contribution in [0, 0.1) is 0 Å². The number of aromatic nitrogens is 2. The quantitative estimate of drug-likeness (QED) is 0.704. The number of nitrogens with two attached hydrogens (primary N) is 1. The van der Waals surface area contributed by atoms with E-state index in [-0.39, 0.29) is 0 Å². The zero-order valence-corrected chi connectivity index (χ0v) is 6.50. The van der Waals surface area contributed by atoms with Crippen LogP contribution in [0.2, 0.25) is 0 Å². The molecule has 0 aromatic carbocycles. The highest BCUT2D eigenvalue weighted by atomic mass is 19.1. The maximum atomic E-state index is 13.1. The standard InChI is InChI=1S/C7H12FN3/c1-11-5-10-4-7(11)6(8)2-3-9/h4-6H,2-3,9H2,1H3. The summed E-state index contributed by atoms with van der Waals surface area (Å²) in [5, 5.41) is 0. The second kappa shape index (κ2) is 3.48. The fraction of sp³-hybridized carbons (Fsp3) is 0.571. The summed E-state index contributed by atoms with van der Waals surface area (Å²) in [6, 6.07) is 0. The van der Waals surface area contributed by atoms with Crippen LogP contribution < -0.4 is 5.73 Å². The maximum absolute atomic E-state index is 13.1. The monoisotopic (exact) mass is 157 g/mol. The van der Waals surface area contributed by atoms with E-state index in [0.717, 1.165) is 0 Å². The van der Waals surface area contributed by atoms with Gasteiger partial charge >= 0.3 is 0 Å². The third-order valence-electron chi connectivity index (χ3n) is 1.59. The van der Waals surface area contributed by atoms with Crippen LogP contribution in [0.4, 0.5) is 4.39 Å². The molecule has 1 unspecified atom stereocenters. The highest BCUT2D eigenvalue weighted by molar-refractivity contribution is 5.01. The zero-order valence-electron chi connectivity index (χ0n) is 6.50. The predicted octanol–water partition coefficient (Wildman–Crippen LogP) is 0.780. The minimum absolute atomic E-state index is 0.361. The van der Waals surface area contributed by atoms with Gasteiger partial charge in [-0.2, -0.15) is 0 Å². The Morgan fingerprint density at radius 3 is 3.00 bits per heavy atom. The summed E-state index contributed by atoms with van der Waals surface area (Å²) < 4.78 is 14.8. The summed E-state index contributed by atoms with van der Waals surface area (Å²) >= 11 is 0. The van der Waals surface area contributed by atoms with Gasteiger partial charge in [0.25, 0.3) is 0 Å². The van der Waals surface area contributed by atoms with Crippen LogP contribution in [0.15, 0.2) is 12.5 Å². The van der Waals surface area contributed by atoms with Crippen molar-refractivity contribution in [3.63, 3.8) is 0 Å². The van der Waals surface area contributed by atoms with Crippen LogP contribution in [-0.2, 0) is 7.05 Å². The fourth-order valence-electron chi connectivity index (χ4n) is 0.963. The average molecular weight is 157 g/mol. The molecule has 0 aliphatic carbocycles. The first kappa shape index (κ1) is 8.20. The molecule has 0 bridgehead atoms. The lowest BCUT2D eigenvalue weighted by Gasteiger charge is -2.05. The maximum Gasteiger partial charge on any atom is 0.143 e. The molecule has 3 nitrogen and oxygen atoms in total. The van der Waals surface area contributed by atoms with Crippen molar-refractivity contribution < 1.29 is 4.39 Å². The molecule has 62 valence electrons. The zero-order chi connectivity index (χ0) is 8.27. The number of alkyl halides is 1. The van der Waals surface area contributed by atoms with Gasteiger partial charge in [0.1, 0.15) is 6.17 Å². The number of hydrogen-bond donors (Lipinski definition) is 1. The van der Waals surface area contributed by atoms with Crippen LogP contribution in [0.3, 0.4) is 0 Å². The van der Waals surface area contributed by atoms with Gasteiger partial charge in [-0.25, -0.2) is 9.37 Å². The summed E-state index contributed by atoms with van der Waals surface area (Å²) in [5.41, 5.74) is 5.81. The van der Waals surface area contributed by atoms with Crippen LogP contribution >= 0.6 is 0 Å². The van der Waals surface area contributed by atoms with Crippen molar-refractivity contribution in [1.29, 1.82) is 0 Å². The molecule has 11 heavy (non-hydrogen) atoms. The lowest BCUT2D eigenvalue weighted by molar-refractivity contribution is 0.313. The lowest BCUT2D eigenvalue weighted by Crippen LogP contribution is -2.06. The van der Waals surface area contributed by atoms with Crippen molar-refractivity contribution >= 4 is 0 Å². The highest BCUT2D eigenvalue weighted by Crippen LogP contribution is 2.18. The third-order valence-corrected chi connectivity index (χ3v) is 1.59. The Balaban J connectivity index is 2.67. The van der Waals surface area contributed by atoms with Crippen LogP contribution in [-0.4, -0.2) is 16.1 Å². The van der Waals surface area contributed by atoms with Gasteiger partial charge in [-0.05, 0) is 13.0 Å². The van der Waals surface area contributed by atoms with Crippen molar-refractivity contribution in [2.75, 3.05) is 6.54 Å². The first-order valence-electron chi connectivity index (χ1n) is 3.56. The Bertz CT molecular complexity index is 221. The minimum Gasteiger partial charge on any atom is -0.335 e. The van der Waals surface area contributed by atoms with E-state index in [9.17, 15) is 4.39 Å². The molecule has 0 amide bonds. The minimum atomic E-state index is -0.979. The summed E-state index contributed by atoms with van der Waals surface area (Å²) in [5.74, 6) is 0. The molecule has 0 spiro atoms. The molecule has 1 rings (SSSR count). The summed E-state index contributed by atoms with van der Waals surface area (Å²) in [4.78, 5) is 3.81. The van der Waals surface area contributed by atoms with E-state index < -0.39 is 6.17 Å². The smallest absolute Gasteiger partial charge is 0.143 e. The number of imidazole rings is 1. The normalized spacial score (nSPS) is 13.4. The Morgan fingerprint density at radius 2 is 2.55 bits per heavy atom. The van der Waals surface area contributed by atoms with E-state index in [2.05, 4.69) is 4.98 Å². The molecule has 0 aliphatic heterocycles. The van der Waals surface area contributed by atoms with E-state index in [1.807, 2.05) is 0 Å². The second-order valence-corrected chi connectivity index (χ2v) is 2.47. The number of nitrogens with zero attached hydrogens (tertiary/aromatic N) is 2. The SMILES string of the molecule is Cn1cncc1C(F)CCN. The van der Waals surface area contributed by atoms with Gasteiger partial charge in [0.15, 0.2) is 0 Å². The molecule has 0 radical (unpaired) electrons. The summed E-state index contributed by atoms with van der Waals surface area (Å²) in [6.45, 7) is 0.367. The molecule has 1 aromatic heterocycles. The largest absolute Gasteiger partial charge is 0.335 e. The molecular weight excluding hydrogens is 145 g/mol. The molecule has 0 saturated heterocycles. The first-order valence-corrected chi connectivity index (χ1v) is 3.56. The van der Waals surface area contributed by atoms with E-state index in [4.69, 9.17) is 5.73 Å². The molecule has 4 heteroatoms. The van der Waals surface area contributed by atoms with E-state index >= 15 is 0 Å². The van der Waals surface area contributed by atoms with Crippen molar-refractivity contribution in [3.8, 4) is 0 Å². The van der Waals surface area contributed by atoms with Gasteiger partial charge in [0, 0.05) is 7.05 Å². The number of halogens is 1. The molecule has 1 aromatic rings. The predicted molar refractivity (Wildman–Crippen MR) is 40.7 cm³/mol. The molecule has 0 fully saturated rings. The van der Waals surface area contributed by atoms with Crippen LogP contribution in [0.5, 0.6) is 0 Å². The van der Waals surface area contributed by atoms with E-state index in [1.54, 1.807) is 17.9 Å². The van der Waals surface area contributed by atoms with Gasteiger partial charge in [-0.1, -0.05) is 0 Å². The Labute approximate surface area is 65.0 Å². The van der Waals surface area contributed by atoms with E-state index in [1.165, 1.54) is 6.20 Å². The van der Waals surface area contributed by atoms with Crippen molar-refractivity contribution in [2.24, 2.45) is 12.8 Å². The fourth-order valence-corrected chi connectivity index (χ4v) is 0.963. The number of rotatable bonds is 3. The number of hydrogen-bond acceptors (Lipinski definition) is 2. The first-order chi connectivity index (χ1) is 5.25. The Kier molecular flexibility index (Phi) is 2.59. The van der Waals surface area contributed by atoms with Crippen molar-refractivity contribution in [2.45, 2.75) is 12.6 Å². The van der Waals surface area contributed by atoms with Crippen molar-refractivity contribution in [3.05, 3.63) is 18.2 Å². The van der Waals surface area contributed by atoms with Gasteiger partial charge in [0.2, 0.25) is 0 Å². The van der Waals surface area contributed by atoms with Gasteiger partial charge in [0.05, 0.1) is 18.2 Å². The molecule has 2 N–H and O–H groups in total. The molecule has 1 atom stereocenters. The summed E-state index contributed by atoms with van der Waals surface area (Å²) in [6.07, 6.45) is 2.49. The van der Waals surface area contributed by atoms with Gasteiger partial charge in [-0.15, -0.1) is 0 Å². The molecule has 1 heterocycles. The highest BCUT2D eigenvalue weighted by Gasteiger charge is 2.11. The number of aryl methyl sites for hydroxylation is 1. The average Bonchev–Trinajstić information content (AvgIpc) is 2.36. The Hall–Kier alpha value is -0.900. The van der Waals surface area contributed by atoms with Crippen LogP contribution in [0.25, 0.3) is 0 Å². The molecule has 0 aliphatic rings. The third kappa shape index (κ3) is 1.77. The Morgan fingerprint density at radius 1 is 1.82 bits per heavy atom. The van der Waals surface area contributed by atoms with E-state index in [0.29, 0.717) is 18.7 Å². The summed E-state index contributed by atoms with van der Waals surface area (Å²) in [7, 11) is 1.77. The topological polar surface area (TPSA) is 43.8 Å². The van der Waals surface area contributed by atoms with Crippen LogP contribution in [0.1, 0.15) is 18.3 Å². The second-order valence-electron chi connectivity index (χ2n) is 2.47. The van der Waals surface area contributed by atoms with Gasteiger partial charge in [-0.3, -0.25) is 0 Å². The molecular formula is C7H12FN3. The van der Waals surface area contributed by atoms with Crippen molar-refractivity contribution in [1.82, 2.24) is 9.55 Å². The lowest BCUT2D eigenvalue weighted by atomic mass is 10.2. The van der Waals surface area contributed by atoms with Gasteiger partial charge < -0.3 is 10.3 Å².